The normalized spacial score (nSPS) is 28.1. The van der Waals surface area contributed by atoms with Gasteiger partial charge >= 0.3 is 0 Å². The van der Waals surface area contributed by atoms with Gasteiger partial charge in [-0.1, -0.05) is 54.9 Å². The maximum absolute atomic E-state index is 3.83. The first-order valence-electron chi connectivity index (χ1n) is 7.38. The van der Waals surface area contributed by atoms with E-state index >= 15 is 0 Å². The first-order valence-corrected chi connectivity index (χ1v) is 8.17. The fourth-order valence-electron chi connectivity index (χ4n) is 3.74. The molecule has 1 fully saturated rings. The molecule has 1 N–H and O–H groups in total. The molecule has 2 unspecified atom stereocenters. The van der Waals surface area contributed by atoms with E-state index in [4.69, 9.17) is 0 Å². The van der Waals surface area contributed by atoms with Crippen LogP contribution < -0.4 is 5.32 Å². The van der Waals surface area contributed by atoms with E-state index in [-0.39, 0.29) is 0 Å². The number of rotatable bonds is 3. The summed E-state index contributed by atoms with van der Waals surface area (Å²) in [6.45, 7) is 9.46. The molecule has 2 heteroatoms. The number of benzene rings is 1. The summed E-state index contributed by atoms with van der Waals surface area (Å²) in [7, 11) is 0. The molecule has 1 saturated carbocycles. The van der Waals surface area contributed by atoms with Crippen molar-refractivity contribution in [2.45, 2.75) is 59.0 Å². The third-order valence-electron chi connectivity index (χ3n) is 4.24. The Bertz CT molecular complexity index is 427. The van der Waals surface area contributed by atoms with Crippen LogP contribution in [0.4, 0.5) is 0 Å². The molecule has 0 aliphatic heterocycles. The van der Waals surface area contributed by atoms with Crippen molar-refractivity contribution in [2.75, 3.05) is 0 Å². The summed E-state index contributed by atoms with van der Waals surface area (Å²) in [5, 5.41) is 3.83. The first kappa shape index (κ1) is 15.1. The van der Waals surface area contributed by atoms with Crippen molar-refractivity contribution in [2.24, 2.45) is 11.3 Å². The fourth-order valence-corrected chi connectivity index (χ4v) is 4.37. The Morgan fingerprint density at radius 2 is 1.95 bits per heavy atom. The number of hydrogen-bond donors (Lipinski definition) is 1. The molecule has 3 atom stereocenters. The second-order valence-electron chi connectivity index (χ2n) is 7.02. The summed E-state index contributed by atoms with van der Waals surface area (Å²) >= 11 is 3.66. The predicted octanol–water partition coefficient (Wildman–Crippen LogP) is 5.31. The van der Waals surface area contributed by atoms with Crippen LogP contribution in [0.3, 0.4) is 0 Å². The van der Waals surface area contributed by atoms with Crippen LogP contribution >= 0.6 is 15.9 Å². The molecule has 0 amide bonds. The van der Waals surface area contributed by atoms with Gasteiger partial charge in [-0.2, -0.15) is 0 Å². The van der Waals surface area contributed by atoms with E-state index in [1.807, 2.05) is 0 Å². The summed E-state index contributed by atoms with van der Waals surface area (Å²) in [5.41, 5.74) is 1.83. The molecule has 1 aromatic carbocycles. The van der Waals surface area contributed by atoms with Gasteiger partial charge < -0.3 is 5.32 Å². The quantitative estimate of drug-likeness (QED) is 0.794. The standard InChI is InChI=1S/C17H26BrN/c1-12-9-14(11-17(3,4)10-12)19-13(2)15-7-5-6-8-16(15)18/h5-8,12-14,19H,9-11H2,1-4H3/t12?,13-,14?/m0/s1. The lowest BCUT2D eigenvalue weighted by Gasteiger charge is -2.40. The molecule has 0 aromatic heterocycles. The summed E-state index contributed by atoms with van der Waals surface area (Å²) in [6, 6.07) is 9.57. The zero-order valence-electron chi connectivity index (χ0n) is 12.5. The molecule has 19 heavy (non-hydrogen) atoms. The zero-order chi connectivity index (χ0) is 14.0. The van der Waals surface area contributed by atoms with Crippen molar-refractivity contribution in [3.05, 3.63) is 34.3 Å². The van der Waals surface area contributed by atoms with Gasteiger partial charge in [0.15, 0.2) is 0 Å². The lowest BCUT2D eigenvalue weighted by atomic mass is 9.70. The van der Waals surface area contributed by atoms with Crippen LogP contribution in [-0.4, -0.2) is 6.04 Å². The summed E-state index contributed by atoms with van der Waals surface area (Å²) in [5.74, 6) is 0.827. The molecule has 1 nitrogen and oxygen atoms in total. The van der Waals surface area contributed by atoms with Crippen molar-refractivity contribution in [1.29, 1.82) is 0 Å². The Morgan fingerprint density at radius 3 is 2.58 bits per heavy atom. The van der Waals surface area contributed by atoms with E-state index in [1.54, 1.807) is 0 Å². The number of hydrogen-bond acceptors (Lipinski definition) is 1. The highest BCUT2D eigenvalue weighted by Gasteiger charge is 2.32. The van der Waals surface area contributed by atoms with Gasteiger partial charge in [-0.15, -0.1) is 0 Å². The fraction of sp³-hybridized carbons (Fsp3) is 0.647. The third-order valence-corrected chi connectivity index (χ3v) is 4.97. The Morgan fingerprint density at radius 1 is 1.26 bits per heavy atom. The van der Waals surface area contributed by atoms with Crippen LogP contribution in [-0.2, 0) is 0 Å². The van der Waals surface area contributed by atoms with E-state index in [0.29, 0.717) is 17.5 Å². The van der Waals surface area contributed by atoms with E-state index in [2.05, 4.69) is 73.2 Å². The van der Waals surface area contributed by atoms with Crippen molar-refractivity contribution in [1.82, 2.24) is 5.32 Å². The molecule has 0 spiro atoms. The van der Waals surface area contributed by atoms with Gasteiger partial charge in [0.25, 0.3) is 0 Å². The number of nitrogens with one attached hydrogen (secondary N) is 1. The van der Waals surface area contributed by atoms with Gasteiger partial charge in [0.05, 0.1) is 0 Å². The highest BCUT2D eigenvalue weighted by molar-refractivity contribution is 9.10. The van der Waals surface area contributed by atoms with Crippen molar-refractivity contribution in [3.8, 4) is 0 Å². The van der Waals surface area contributed by atoms with Gasteiger partial charge in [0, 0.05) is 16.6 Å². The molecular weight excluding hydrogens is 298 g/mol. The Hall–Kier alpha value is -0.340. The number of halogens is 1. The van der Waals surface area contributed by atoms with Crippen LogP contribution in [0, 0.1) is 11.3 Å². The molecule has 0 bridgehead atoms. The van der Waals surface area contributed by atoms with E-state index in [9.17, 15) is 0 Å². The molecule has 1 aromatic rings. The molecule has 1 aliphatic rings. The average Bonchev–Trinajstić information content (AvgIpc) is 2.26. The van der Waals surface area contributed by atoms with E-state index in [0.717, 1.165) is 5.92 Å². The Balaban J connectivity index is 2.03. The van der Waals surface area contributed by atoms with Gasteiger partial charge in [0.1, 0.15) is 0 Å². The van der Waals surface area contributed by atoms with Crippen LogP contribution in [0.15, 0.2) is 28.7 Å². The monoisotopic (exact) mass is 323 g/mol. The molecule has 106 valence electrons. The van der Waals surface area contributed by atoms with Gasteiger partial charge in [-0.25, -0.2) is 0 Å². The Labute approximate surface area is 126 Å². The van der Waals surface area contributed by atoms with Crippen LogP contribution in [0.1, 0.15) is 58.6 Å². The third kappa shape index (κ3) is 4.06. The van der Waals surface area contributed by atoms with E-state index in [1.165, 1.54) is 29.3 Å². The molecule has 2 rings (SSSR count). The minimum absolute atomic E-state index is 0.404. The molecule has 0 heterocycles. The van der Waals surface area contributed by atoms with Crippen molar-refractivity contribution in [3.63, 3.8) is 0 Å². The van der Waals surface area contributed by atoms with Crippen LogP contribution in [0.2, 0.25) is 0 Å². The topological polar surface area (TPSA) is 12.0 Å². The average molecular weight is 324 g/mol. The maximum Gasteiger partial charge on any atom is 0.0305 e. The molecule has 0 radical (unpaired) electrons. The largest absolute Gasteiger partial charge is 0.307 e. The highest BCUT2D eigenvalue weighted by Crippen LogP contribution is 2.39. The summed E-state index contributed by atoms with van der Waals surface area (Å²) in [4.78, 5) is 0. The Kier molecular flexibility index (Phi) is 4.73. The SMILES string of the molecule is CC1CC(N[C@@H](C)c2ccccc2Br)CC(C)(C)C1. The molecular formula is C17H26BrN. The lowest BCUT2D eigenvalue weighted by Crippen LogP contribution is -2.41. The summed E-state index contributed by atoms with van der Waals surface area (Å²) in [6.07, 6.45) is 3.94. The van der Waals surface area contributed by atoms with E-state index < -0.39 is 0 Å². The smallest absolute Gasteiger partial charge is 0.0305 e. The highest BCUT2D eigenvalue weighted by atomic mass is 79.9. The van der Waals surface area contributed by atoms with Crippen molar-refractivity contribution >= 4 is 15.9 Å². The minimum atomic E-state index is 0.404. The summed E-state index contributed by atoms with van der Waals surface area (Å²) < 4.78 is 1.21. The minimum Gasteiger partial charge on any atom is -0.307 e. The first-order chi connectivity index (χ1) is 8.87. The maximum atomic E-state index is 3.83. The zero-order valence-corrected chi connectivity index (χ0v) is 14.1. The molecule has 0 saturated heterocycles. The lowest BCUT2D eigenvalue weighted by molar-refractivity contribution is 0.145. The van der Waals surface area contributed by atoms with Crippen LogP contribution in [0.25, 0.3) is 0 Å². The van der Waals surface area contributed by atoms with Crippen molar-refractivity contribution < 1.29 is 0 Å². The molecule has 1 aliphatic carbocycles. The second-order valence-corrected chi connectivity index (χ2v) is 7.87. The predicted molar refractivity (Wildman–Crippen MR) is 86.3 cm³/mol. The van der Waals surface area contributed by atoms with Gasteiger partial charge in [-0.3, -0.25) is 0 Å². The van der Waals surface area contributed by atoms with Gasteiger partial charge in [0.2, 0.25) is 0 Å². The van der Waals surface area contributed by atoms with Crippen LogP contribution in [0.5, 0.6) is 0 Å². The van der Waals surface area contributed by atoms with Gasteiger partial charge in [-0.05, 0) is 49.1 Å². The second kappa shape index (κ2) is 5.97.